The minimum absolute atomic E-state index is 0.0543. The molecule has 0 heterocycles. The first-order chi connectivity index (χ1) is 7.77. The Balaban J connectivity index is 2.19. The second-order valence-electron chi connectivity index (χ2n) is 3.18. The molecule has 0 saturated carbocycles. The average molecular weight is 293 g/mol. The Morgan fingerprint density at radius 1 is 0.938 bits per heavy atom. The average Bonchev–Trinajstić information content (AvgIpc) is 2.31. The van der Waals surface area contributed by atoms with E-state index in [-0.39, 0.29) is 5.12 Å². The molecule has 0 spiro atoms. The Bertz CT molecular complexity index is 496. The second-order valence-corrected chi connectivity index (χ2v) is 5.08. The number of halogens is 1. The number of benzene rings is 2. The lowest BCUT2D eigenvalue weighted by molar-refractivity contribution is 0.108. The van der Waals surface area contributed by atoms with Crippen LogP contribution < -0.4 is 0 Å². The van der Waals surface area contributed by atoms with Gasteiger partial charge in [0.25, 0.3) is 0 Å². The molecule has 0 saturated heterocycles. The third-order valence-electron chi connectivity index (χ3n) is 2.05. The molecule has 0 amide bonds. The summed E-state index contributed by atoms with van der Waals surface area (Å²) >= 11 is 4.62. The molecule has 2 aromatic carbocycles. The summed E-state index contributed by atoms with van der Waals surface area (Å²) in [5, 5.41) is 0.0543. The topological polar surface area (TPSA) is 17.1 Å². The third-order valence-corrected chi connectivity index (χ3v) is 3.65. The van der Waals surface area contributed by atoms with Crippen molar-refractivity contribution in [3.63, 3.8) is 0 Å². The summed E-state index contributed by atoms with van der Waals surface area (Å²) in [6, 6.07) is 17.1. The van der Waals surface area contributed by atoms with Gasteiger partial charge in [0, 0.05) is 14.9 Å². The Morgan fingerprint density at radius 2 is 1.56 bits per heavy atom. The normalized spacial score (nSPS) is 10.1. The van der Waals surface area contributed by atoms with E-state index in [1.807, 2.05) is 54.6 Å². The van der Waals surface area contributed by atoms with Crippen LogP contribution in [0.15, 0.2) is 64.0 Å². The van der Waals surface area contributed by atoms with E-state index in [9.17, 15) is 4.79 Å². The predicted octanol–water partition coefficient (Wildman–Crippen LogP) is 4.38. The van der Waals surface area contributed by atoms with Crippen molar-refractivity contribution in [3.8, 4) is 0 Å². The summed E-state index contributed by atoms with van der Waals surface area (Å²) < 4.78 is 0.837. The molecule has 0 fully saturated rings. The molecule has 3 heteroatoms. The van der Waals surface area contributed by atoms with Crippen molar-refractivity contribution in [3.05, 3.63) is 64.6 Å². The zero-order valence-electron chi connectivity index (χ0n) is 8.39. The molecule has 0 aliphatic heterocycles. The molecule has 0 atom stereocenters. The number of carbonyl (C=O) groups excluding carboxylic acids is 1. The summed E-state index contributed by atoms with van der Waals surface area (Å²) in [5.41, 5.74) is 0.705. The Labute approximate surface area is 107 Å². The van der Waals surface area contributed by atoms with Crippen LogP contribution in [0.25, 0.3) is 0 Å². The van der Waals surface area contributed by atoms with E-state index in [2.05, 4.69) is 15.9 Å². The molecule has 16 heavy (non-hydrogen) atoms. The Kier molecular flexibility index (Phi) is 3.80. The van der Waals surface area contributed by atoms with Crippen molar-refractivity contribution in [2.75, 3.05) is 0 Å². The first-order valence-electron chi connectivity index (χ1n) is 4.79. The summed E-state index contributed by atoms with van der Waals surface area (Å²) in [4.78, 5) is 12.9. The van der Waals surface area contributed by atoms with Crippen molar-refractivity contribution in [2.24, 2.45) is 0 Å². The van der Waals surface area contributed by atoms with Gasteiger partial charge in [-0.2, -0.15) is 0 Å². The quantitative estimate of drug-likeness (QED) is 0.764. The highest BCUT2D eigenvalue weighted by molar-refractivity contribution is 9.10. The van der Waals surface area contributed by atoms with Crippen LogP contribution in [0.3, 0.4) is 0 Å². The van der Waals surface area contributed by atoms with Gasteiger partial charge in [-0.15, -0.1) is 0 Å². The van der Waals surface area contributed by atoms with Gasteiger partial charge < -0.3 is 0 Å². The predicted molar refractivity (Wildman–Crippen MR) is 70.8 cm³/mol. The number of carbonyl (C=O) groups is 1. The fourth-order valence-electron chi connectivity index (χ4n) is 1.28. The summed E-state index contributed by atoms with van der Waals surface area (Å²) in [6.07, 6.45) is 0. The van der Waals surface area contributed by atoms with Crippen LogP contribution in [0.2, 0.25) is 0 Å². The zero-order valence-corrected chi connectivity index (χ0v) is 10.8. The Morgan fingerprint density at radius 3 is 2.25 bits per heavy atom. The number of hydrogen-bond acceptors (Lipinski definition) is 2. The van der Waals surface area contributed by atoms with E-state index in [0.717, 1.165) is 9.37 Å². The summed E-state index contributed by atoms with van der Waals surface area (Å²) in [6.45, 7) is 0. The smallest absolute Gasteiger partial charge is 0.225 e. The number of thioether (sulfide) groups is 1. The lowest BCUT2D eigenvalue weighted by Gasteiger charge is -2.02. The molecule has 0 aliphatic rings. The van der Waals surface area contributed by atoms with Crippen LogP contribution in [0, 0.1) is 0 Å². The van der Waals surface area contributed by atoms with Crippen LogP contribution in [0.4, 0.5) is 0 Å². The highest BCUT2D eigenvalue weighted by atomic mass is 79.9. The van der Waals surface area contributed by atoms with E-state index in [4.69, 9.17) is 0 Å². The van der Waals surface area contributed by atoms with Gasteiger partial charge in [0.2, 0.25) is 5.12 Å². The zero-order chi connectivity index (χ0) is 11.4. The molecule has 2 aromatic rings. The molecule has 0 aliphatic carbocycles. The van der Waals surface area contributed by atoms with Gasteiger partial charge >= 0.3 is 0 Å². The summed E-state index contributed by atoms with van der Waals surface area (Å²) in [5.74, 6) is 0. The van der Waals surface area contributed by atoms with Crippen molar-refractivity contribution >= 4 is 32.8 Å². The molecular formula is C13H9BrOS. The molecule has 1 nitrogen and oxygen atoms in total. The Hall–Kier alpha value is -1.06. The molecule has 80 valence electrons. The maximum Gasteiger partial charge on any atom is 0.225 e. The lowest BCUT2D eigenvalue weighted by Crippen LogP contribution is -1.93. The summed E-state index contributed by atoms with van der Waals surface area (Å²) in [7, 11) is 0. The van der Waals surface area contributed by atoms with Gasteiger partial charge in [0.15, 0.2) is 0 Å². The molecule has 0 unspecified atom stereocenters. The molecule has 0 radical (unpaired) electrons. The molecule has 0 N–H and O–H groups in total. The minimum Gasteiger partial charge on any atom is -0.281 e. The first-order valence-corrected chi connectivity index (χ1v) is 6.40. The highest BCUT2D eigenvalue weighted by Crippen LogP contribution is 2.26. The molecule has 0 bridgehead atoms. The van der Waals surface area contributed by atoms with E-state index in [0.29, 0.717) is 5.56 Å². The number of hydrogen-bond donors (Lipinski definition) is 0. The van der Waals surface area contributed by atoms with Gasteiger partial charge in [0.05, 0.1) is 0 Å². The van der Waals surface area contributed by atoms with Gasteiger partial charge in [-0.3, -0.25) is 4.79 Å². The van der Waals surface area contributed by atoms with Crippen LogP contribution >= 0.6 is 27.7 Å². The van der Waals surface area contributed by atoms with Crippen molar-refractivity contribution in [2.45, 2.75) is 4.90 Å². The van der Waals surface area contributed by atoms with E-state index in [1.54, 1.807) is 0 Å². The standard InChI is InChI=1S/C13H9BrOS/c14-12-9-5-4-8-11(12)13(15)16-10-6-2-1-3-7-10/h1-9H. The van der Waals surface area contributed by atoms with E-state index < -0.39 is 0 Å². The van der Waals surface area contributed by atoms with Crippen LogP contribution in [-0.4, -0.2) is 5.12 Å². The van der Waals surface area contributed by atoms with Gasteiger partial charge in [-0.25, -0.2) is 0 Å². The van der Waals surface area contributed by atoms with E-state index >= 15 is 0 Å². The third kappa shape index (κ3) is 2.74. The fourth-order valence-corrected chi connectivity index (χ4v) is 2.67. The number of rotatable bonds is 2. The van der Waals surface area contributed by atoms with Crippen LogP contribution in [0.1, 0.15) is 10.4 Å². The molecule has 2 rings (SSSR count). The van der Waals surface area contributed by atoms with Gasteiger partial charge in [0.1, 0.15) is 0 Å². The fraction of sp³-hybridized carbons (Fsp3) is 0. The largest absolute Gasteiger partial charge is 0.281 e. The van der Waals surface area contributed by atoms with Crippen molar-refractivity contribution in [1.82, 2.24) is 0 Å². The maximum absolute atomic E-state index is 12.0. The van der Waals surface area contributed by atoms with Gasteiger partial charge in [-0.1, -0.05) is 46.3 Å². The van der Waals surface area contributed by atoms with Crippen molar-refractivity contribution in [1.29, 1.82) is 0 Å². The lowest BCUT2D eigenvalue weighted by atomic mass is 10.2. The SMILES string of the molecule is O=C(Sc1ccccc1)c1ccccc1Br. The molecular weight excluding hydrogens is 284 g/mol. The van der Waals surface area contributed by atoms with Crippen molar-refractivity contribution < 1.29 is 4.79 Å². The monoisotopic (exact) mass is 292 g/mol. The minimum atomic E-state index is 0.0543. The van der Waals surface area contributed by atoms with Crippen LogP contribution in [-0.2, 0) is 0 Å². The maximum atomic E-state index is 12.0. The van der Waals surface area contributed by atoms with Gasteiger partial charge in [-0.05, 0) is 36.0 Å². The van der Waals surface area contributed by atoms with Crippen LogP contribution in [0.5, 0.6) is 0 Å². The highest BCUT2D eigenvalue weighted by Gasteiger charge is 2.10. The van der Waals surface area contributed by atoms with E-state index in [1.165, 1.54) is 11.8 Å². The molecule has 0 aromatic heterocycles. The second kappa shape index (κ2) is 5.32. The first kappa shape index (κ1) is 11.4.